The Kier molecular flexibility index (Phi) is 3.71. The first-order chi connectivity index (χ1) is 10.2. The average Bonchev–Trinajstić information content (AvgIpc) is 2.48. The summed E-state index contributed by atoms with van der Waals surface area (Å²) in [4.78, 5) is 2.36. The van der Waals surface area contributed by atoms with Gasteiger partial charge < -0.3 is 15.6 Å². The summed E-state index contributed by atoms with van der Waals surface area (Å²) < 4.78 is 5.07. The summed E-state index contributed by atoms with van der Waals surface area (Å²) in [6.45, 7) is 2.69. The van der Waals surface area contributed by atoms with Crippen LogP contribution in [0.5, 0.6) is 11.5 Å². The second-order valence-electron chi connectivity index (χ2n) is 5.45. The number of phenolic OH excluding ortho intramolecular Hbond substituents is 1. The molecule has 3 N–H and O–H groups in total. The molecule has 0 saturated carbocycles. The van der Waals surface area contributed by atoms with Gasteiger partial charge in [0.2, 0.25) is 0 Å². The Morgan fingerprint density at radius 3 is 2.90 bits per heavy atom. The highest BCUT2D eigenvalue weighted by atomic mass is 16.5. The minimum atomic E-state index is 0.191. The molecule has 1 heterocycles. The molecule has 1 aliphatic heterocycles. The molecular formula is C17H20N2O2. The zero-order chi connectivity index (χ0) is 14.8. The summed E-state index contributed by atoms with van der Waals surface area (Å²) in [6, 6.07) is 11.7. The number of fused-ring (bicyclic) bond motifs is 1. The predicted molar refractivity (Wildman–Crippen MR) is 83.3 cm³/mol. The molecule has 0 spiro atoms. The van der Waals surface area contributed by atoms with Crippen LogP contribution < -0.4 is 10.5 Å². The maximum Gasteiger partial charge on any atom is 0.160 e. The van der Waals surface area contributed by atoms with Crippen molar-refractivity contribution in [2.45, 2.75) is 19.5 Å². The van der Waals surface area contributed by atoms with E-state index in [1.54, 1.807) is 19.2 Å². The van der Waals surface area contributed by atoms with Crippen LogP contribution in [0.25, 0.3) is 0 Å². The lowest BCUT2D eigenvalue weighted by molar-refractivity contribution is 0.245. The van der Waals surface area contributed by atoms with Crippen molar-refractivity contribution in [2.24, 2.45) is 0 Å². The van der Waals surface area contributed by atoms with Crippen LogP contribution in [-0.2, 0) is 19.5 Å². The van der Waals surface area contributed by atoms with E-state index in [1.165, 1.54) is 11.1 Å². The van der Waals surface area contributed by atoms with Crippen LogP contribution in [0.1, 0.15) is 16.7 Å². The van der Waals surface area contributed by atoms with Crippen molar-refractivity contribution in [1.29, 1.82) is 0 Å². The topological polar surface area (TPSA) is 58.7 Å². The summed E-state index contributed by atoms with van der Waals surface area (Å²) in [5, 5.41) is 9.85. The van der Waals surface area contributed by atoms with Gasteiger partial charge in [-0.25, -0.2) is 0 Å². The minimum absolute atomic E-state index is 0.191. The van der Waals surface area contributed by atoms with Crippen molar-refractivity contribution in [3.63, 3.8) is 0 Å². The van der Waals surface area contributed by atoms with Crippen LogP contribution in [0.3, 0.4) is 0 Å². The molecule has 2 aromatic rings. The van der Waals surface area contributed by atoms with Crippen molar-refractivity contribution in [1.82, 2.24) is 4.90 Å². The van der Waals surface area contributed by atoms with Crippen molar-refractivity contribution in [3.05, 3.63) is 53.1 Å². The Balaban J connectivity index is 1.74. The standard InChI is InChI=1S/C17H20N2O2/c1-21-17-6-5-12(9-16(17)20)10-19-8-7-14-13(11-19)3-2-4-15(14)18/h2-6,9,20H,7-8,10-11,18H2,1H3. The lowest BCUT2D eigenvalue weighted by atomic mass is 9.97. The lowest BCUT2D eigenvalue weighted by Gasteiger charge is -2.29. The molecule has 1 aliphatic rings. The van der Waals surface area contributed by atoms with Crippen LogP contribution >= 0.6 is 0 Å². The van der Waals surface area contributed by atoms with Gasteiger partial charge in [-0.2, -0.15) is 0 Å². The number of phenols is 1. The fraction of sp³-hybridized carbons (Fsp3) is 0.294. The highest BCUT2D eigenvalue weighted by molar-refractivity contribution is 5.52. The molecule has 0 radical (unpaired) electrons. The van der Waals surface area contributed by atoms with Crippen molar-refractivity contribution >= 4 is 5.69 Å². The second kappa shape index (κ2) is 5.66. The van der Waals surface area contributed by atoms with Crippen LogP contribution in [0, 0.1) is 0 Å². The van der Waals surface area contributed by atoms with Gasteiger partial charge in [-0.15, -0.1) is 0 Å². The summed E-state index contributed by atoms with van der Waals surface area (Å²) in [6.07, 6.45) is 0.976. The van der Waals surface area contributed by atoms with E-state index >= 15 is 0 Å². The number of aromatic hydroxyl groups is 1. The molecule has 3 rings (SSSR count). The van der Waals surface area contributed by atoms with Gasteiger partial charge in [-0.3, -0.25) is 4.90 Å². The van der Waals surface area contributed by atoms with E-state index in [1.807, 2.05) is 18.2 Å². The molecule has 0 bridgehead atoms. The highest BCUT2D eigenvalue weighted by Gasteiger charge is 2.18. The number of methoxy groups -OCH3 is 1. The molecule has 4 nitrogen and oxygen atoms in total. The molecule has 21 heavy (non-hydrogen) atoms. The Bertz CT molecular complexity index is 655. The van der Waals surface area contributed by atoms with Crippen LogP contribution in [-0.4, -0.2) is 23.7 Å². The Morgan fingerprint density at radius 1 is 1.29 bits per heavy atom. The zero-order valence-corrected chi connectivity index (χ0v) is 12.2. The number of rotatable bonds is 3. The number of hydrogen-bond acceptors (Lipinski definition) is 4. The molecule has 0 atom stereocenters. The van der Waals surface area contributed by atoms with Gasteiger partial charge in [0.1, 0.15) is 0 Å². The first kappa shape index (κ1) is 13.8. The summed E-state index contributed by atoms with van der Waals surface area (Å²) in [7, 11) is 1.56. The first-order valence-electron chi connectivity index (χ1n) is 7.12. The highest BCUT2D eigenvalue weighted by Crippen LogP contribution is 2.29. The molecule has 110 valence electrons. The third kappa shape index (κ3) is 2.81. The average molecular weight is 284 g/mol. The number of nitrogen functional groups attached to an aromatic ring is 1. The third-order valence-electron chi connectivity index (χ3n) is 4.03. The van der Waals surface area contributed by atoms with Gasteiger partial charge in [0.25, 0.3) is 0 Å². The SMILES string of the molecule is COc1ccc(CN2CCc3c(N)cccc3C2)cc1O. The van der Waals surface area contributed by atoms with E-state index in [2.05, 4.69) is 11.0 Å². The van der Waals surface area contributed by atoms with E-state index in [4.69, 9.17) is 10.5 Å². The summed E-state index contributed by atoms with van der Waals surface area (Å²) in [5.41, 5.74) is 10.6. The van der Waals surface area contributed by atoms with Gasteiger partial charge >= 0.3 is 0 Å². The molecule has 2 aromatic carbocycles. The Labute approximate surface area is 124 Å². The van der Waals surface area contributed by atoms with Crippen molar-refractivity contribution < 1.29 is 9.84 Å². The molecular weight excluding hydrogens is 264 g/mol. The molecule has 4 heteroatoms. The monoisotopic (exact) mass is 284 g/mol. The molecule has 0 aromatic heterocycles. The normalized spacial score (nSPS) is 14.7. The van der Waals surface area contributed by atoms with Gasteiger partial charge in [-0.1, -0.05) is 18.2 Å². The molecule has 0 amide bonds. The Hall–Kier alpha value is -2.20. The van der Waals surface area contributed by atoms with Gasteiger partial charge in [-0.05, 0) is 41.3 Å². The van der Waals surface area contributed by atoms with E-state index < -0.39 is 0 Å². The number of nitrogens with two attached hydrogens (primary N) is 1. The largest absolute Gasteiger partial charge is 0.504 e. The fourth-order valence-corrected chi connectivity index (χ4v) is 2.92. The number of hydrogen-bond donors (Lipinski definition) is 2. The number of anilines is 1. The second-order valence-corrected chi connectivity index (χ2v) is 5.45. The first-order valence-corrected chi connectivity index (χ1v) is 7.12. The molecule has 0 aliphatic carbocycles. The van der Waals surface area contributed by atoms with Crippen LogP contribution in [0.2, 0.25) is 0 Å². The van der Waals surface area contributed by atoms with Gasteiger partial charge in [0, 0.05) is 25.3 Å². The smallest absolute Gasteiger partial charge is 0.160 e. The third-order valence-corrected chi connectivity index (χ3v) is 4.03. The summed E-state index contributed by atoms with van der Waals surface area (Å²) in [5.74, 6) is 0.701. The molecule has 0 unspecified atom stereocenters. The maximum absolute atomic E-state index is 9.85. The maximum atomic E-state index is 9.85. The predicted octanol–water partition coefficient (Wildman–Crippen LogP) is 2.54. The molecule has 0 fully saturated rings. The van der Waals surface area contributed by atoms with E-state index in [9.17, 15) is 5.11 Å². The number of benzene rings is 2. The van der Waals surface area contributed by atoms with Crippen molar-refractivity contribution in [3.8, 4) is 11.5 Å². The fourth-order valence-electron chi connectivity index (χ4n) is 2.92. The Morgan fingerprint density at radius 2 is 2.14 bits per heavy atom. The van der Waals surface area contributed by atoms with E-state index in [0.717, 1.165) is 37.3 Å². The van der Waals surface area contributed by atoms with Crippen LogP contribution in [0.15, 0.2) is 36.4 Å². The van der Waals surface area contributed by atoms with Gasteiger partial charge in [0.15, 0.2) is 11.5 Å². The van der Waals surface area contributed by atoms with Gasteiger partial charge in [0.05, 0.1) is 7.11 Å². The zero-order valence-electron chi connectivity index (χ0n) is 12.2. The number of ether oxygens (including phenoxy) is 1. The summed E-state index contributed by atoms with van der Waals surface area (Å²) >= 11 is 0. The number of nitrogens with zero attached hydrogens (tertiary/aromatic N) is 1. The van der Waals surface area contributed by atoms with Crippen LogP contribution in [0.4, 0.5) is 5.69 Å². The van der Waals surface area contributed by atoms with Crippen molar-refractivity contribution in [2.75, 3.05) is 19.4 Å². The van der Waals surface area contributed by atoms with E-state index in [-0.39, 0.29) is 5.75 Å². The quantitative estimate of drug-likeness (QED) is 0.850. The molecule has 0 saturated heterocycles. The van der Waals surface area contributed by atoms with E-state index in [0.29, 0.717) is 5.75 Å². The lowest BCUT2D eigenvalue weighted by Crippen LogP contribution is -2.30. The minimum Gasteiger partial charge on any atom is -0.504 e.